The second-order valence-electron chi connectivity index (χ2n) is 8.44. The molecule has 1 aliphatic heterocycles. The number of nitrogens with zero attached hydrogens (tertiary/aromatic N) is 2. The normalized spacial score (nSPS) is 17.2. The summed E-state index contributed by atoms with van der Waals surface area (Å²) in [4.78, 5) is 32.5. The van der Waals surface area contributed by atoms with Crippen LogP contribution in [-0.4, -0.2) is 35.5 Å². The summed E-state index contributed by atoms with van der Waals surface area (Å²) in [6, 6.07) is 16.6. The van der Waals surface area contributed by atoms with Crippen molar-refractivity contribution in [2.24, 2.45) is 0 Å². The molecule has 2 aromatic carbocycles. The van der Waals surface area contributed by atoms with Gasteiger partial charge in [0.05, 0.1) is 30.7 Å². The number of carbonyl (C=O) groups is 2. The first-order valence-corrected chi connectivity index (χ1v) is 11.5. The quantitative estimate of drug-likeness (QED) is 0.287. The summed E-state index contributed by atoms with van der Waals surface area (Å²) >= 11 is 0. The van der Waals surface area contributed by atoms with Crippen LogP contribution in [0.4, 0.5) is 5.69 Å². The molecule has 0 radical (unpaired) electrons. The lowest BCUT2D eigenvalue weighted by Gasteiger charge is -2.26. The third-order valence-corrected chi connectivity index (χ3v) is 5.96. The van der Waals surface area contributed by atoms with Crippen molar-refractivity contribution in [2.75, 3.05) is 18.6 Å². The molecule has 4 rings (SSSR count). The number of aliphatic hydroxyl groups excluding tert-OH is 1. The Hall–Kier alpha value is -4.13. The number of methoxy groups -OCH3 is 1. The van der Waals surface area contributed by atoms with Crippen molar-refractivity contribution in [3.05, 3.63) is 89.3 Å². The minimum absolute atomic E-state index is 0.0292. The van der Waals surface area contributed by atoms with E-state index in [1.165, 1.54) is 12.0 Å². The third kappa shape index (κ3) is 4.37. The minimum atomic E-state index is -0.929. The molecule has 0 bridgehead atoms. The number of ketones is 1. The van der Waals surface area contributed by atoms with Crippen LogP contribution in [0.15, 0.2) is 72.4 Å². The number of pyridine rings is 1. The fourth-order valence-corrected chi connectivity index (χ4v) is 4.32. The largest absolute Gasteiger partial charge is 0.507 e. The minimum Gasteiger partial charge on any atom is -0.507 e. The van der Waals surface area contributed by atoms with Crippen molar-refractivity contribution in [2.45, 2.75) is 32.7 Å². The summed E-state index contributed by atoms with van der Waals surface area (Å²) < 4.78 is 11.2. The van der Waals surface area contributed by atoms with Gasteiger partial charge in [0.1, 0.15) is 23.3 Å². The fourth-order valence-electron chi connectivity index (χ4n) is 4.32. The maximum Gasteiger partial charge on any atom is 0.300 e. The summed E-state index contributed by atoms with van der Waals surface area (Å²) in [5, 5.41) is 11.4. The van der Waals surface area contributed by atoms with Crippen LogP contribution in [0.2, 0.25) is 0 Å². The molecule has 180 valence electrons. The molecule has 1 N–H and O–H groups in total. The van der Waals surface area contributed by atoms with Gasteiger partial charge in [-0.15, -0.1) is 0 Å². The Balaban J connectivity index is 1.94. The first-order chi connectivity index (χ1) is 16.9. The van der Waals surface area contributed by atoms with Crippen molar-refractivity contribution in [3.63, 3.8) is 0 Å². The van der Waals surface area contributed by atoms with Gasteiger partial charge in [0.2, 0.25) is 0 Å². The summed E-state index contributed by atoms with van der Waals surface area (Å²) in [7, 11) is 1.50. The molecule has 1 saturated heterocycles. The Kier molecular flexibility index (Phi) is 6.87. The highest BCUT2D eigenvalue weighted by molar-refractivity contribution is 6.51. The van der Waals surface area contributed by atoms with E-state index in [2.05, 4.69) is 4.98 Å². The molecule has 35 heavy (non-hydrogen) atoms. The first kappa shape index (κ1) is 24.0. The maximum atomic E-state index is 13.4. The maximum absolute atomic E-state index is 13.4. The average Bonchev–Trinajstić information content (AvgIpc) is 3.14. The highest BCUT2D eigenvalue weighted by atomic mass is 16.5. The van der Waals surface area contributed by atoms with E-state index in [9.17, 15) is 14.7 Å². The van der Waals surface area contributed by atoms with Gasteiger partial charge in [-0.2, -0.15) is 0 Å². The number of aliphatic hydroxyl groups is 1. The van der Waals surface area contributed by atoms with Crippen LogP contribution in [0.1, 0.15) is 49.6 Å². The molecule has 1 unspecified atom stereocenters. The van der Waals surface area contributed by atoms with Crippen molar-refractivity contribution in [1.82, 2.24) is 4.98 Å². The number of carbonyl (C=O) groups excluding carboxylic acids is 2. The molecule has 7 nitrogen and oxygen atoms in total. The third-order valence-electron chi connectivity index (χ3n) is 5.96. The Bertz CT molecular complexity index is 1280. The predicted octanol–water partition coefficient (Wildman–Crippen LogP) is 5.24. The van der Waals surface area contributed by atoms with E-state index < -0.39 is 17.7 Å². The molecule has 2 heterocycles. The molecule has 0 saturated carbocycles. The Morgan fingerprint density at radius 1 is 1.06 bits per heavy atom. The van der Waals surface area contributed by atoms with E-state index in [0.717, 1.165) is 11.3 Å². The van der Waals surface area contributed by atoms with E-state index in [4.69, 9.17) is 9.47 Å². The van der Waals surface area contributed by atoms with Crippen LogP contribution in [0.3, 0.4) is 0 Å². The smallest absolute Gasteiger partial charge is 0.300 e. The number of anilines is 1. The van der Waals surface area contributed by atoms with Gasteiger partial charge in [-0.3, -0.25) is 19.5 Å². The van der Waals surface area contributed by atoms with Crippen LogP contribution < -0.4 is 14.4 Å². The van der Waals surface area contributed by atoms with Crippen molar-refractivity contribution >= 4 is 23.1 Å². The summed E-state index contributed by atoms with van der Waals surface area (Å²) in [5.74, 6) is -0.549. The molecular formula is C28H28N2O5. The van der Waals surface area contributed by atoms with Gasteiger partial charge in [-0.05, 0) is 60.9 Å². The number of benzene rings is 2. The second-order valence-corrected chi connectivity index (χ2v) is 8.44. The van der Waals surface area contributed by atoms with Gasteiger partial charge in [0.25, 0.3) is 11.7 Å². The van der Waals surface area contributed by atoms with Crippen LogP contribution in [0.25, 0.3) is 5.76 Å². The molecule has 1 atom stereocenters. The number of Topliss-reactive ketones (excluding diaryl/α,β-unsaturated/α-hetero) is 1. The number of para-hydroxylation sites is 2. The van der Waals surface area contributed by atoms with Crippen molar-refractivity contribution < 1.29 is 24.2 Å². The van der Waals surface area contributed by atoms with Gasteiger partial charge in [-0.1, -0.05) is 32.0 Å². The molecule has 1 fully saturated rings. The van der Waals surface area contributed by atoms with Crippen LogP contribution in [0, 0.1) is 0 Å². The lowest BCUT2D eigenvalue weighted by Crippen LogP contribution is -2.30. The Morgan fingerprint density at radius 3 is 2.46 bits per heavy atom. The van der Waals surface area contributed by atoms with Crippen molar-refractivity contribution in [3.8, 4) is 11.5 Å². The van der Waals surface area contributed by atoms with E-state index in [0.29, 0.717) is 29.3 Å². The number of aromatic nitrogens is 1. The standard InChI is InChI=1S/C28H28N2O5/c1-5-35-22-14-13-18(16-19(22)17(2)3)26(31)24-25(20-10-8-9-15-29-20)30(28(33)27(24)32)21-11-6-7-12-23(21)34-4/h6-17,25,31H,5H2,1-4H3/b26-24-. The molecule has 1 amide bonds. The van der Waals surface area contributed by atoms with Crippen LogP contribution in [0.5, 0.6) is 11.5 Å². The topological polar surface area (TPSA) is 89.0 Å². The van der Waals surface area contributed by atoms with E-state index in [1.807, 2.05) is 20.8 Å². The van der Waals surface area contributed by atoms with Gasteiger partial charge in [0, 0.05) is 11.8 Å². The zero-order chi connectivity index (χ0) is 25.1. The van der Waals surface area contributed by atoms with E-state index in [1.54, 1.807) is 66.9 Å². The van der Waals surface area contributed by atoms with Crippen LogP contribution in [-0.2, 0) is 9.59 Å². The highest BCUT2D eigenvalue weighted by Crippen LogP contribution is 2.44. The van der Waals surface area contributed by atoms with Gasteiger partial charge in [0.15, 0.2) is 0 Å². The van der Waals surface area contributed by atoms with E-state index >= 15 is 0 Å². The van der Waals surface area contributed by atoms with E-state index in [-0.39, 0.29) is 17.3 Å². The lowest BCUT2D eigenvalue weighted by atomic mass is 9.94. The number of rotatable bonds is 7. The van der Waals surface area contributed by atoms with Crippen LogP contribution >= 0.6 is 0 Å². The number of hydrogen-bond acceptors (Lipinski definition) is 6. The predicted molar refractivity (Wildman–Crippen MR) is 134 cm³/mol. The molecule has 0 aliphatic carbocycles. The zero-order valence-electron chi connectivity index (χ0n) is 20.2. The summed E-state index contributed by atoms with van der Waals surface area (Å²) in [6.07, 6.45) is 1.59. The Morgan fingerprint density at radius 2 is 1.80 bits per heavy atom. The number of ether oxygens (including phenoxy) is 2. The SMILES string of the molecule is CCOc1ccc(/C(O)=C2/C(=O)C(=O)N(c3ccccc3OC)C2c2ccccn2)cc1C(C)C. The number of amides is 1. The molecule has 1 aromatic heterocycles. The van der Waals surface area contributed by atoms with Gasteiger partial charge >= 0.3 is 0 Å². The fraction of sp³-hybridized carbons (Fsp3) is 0.250. The molecule has 3 aromatic rings. The molecule has 0 spiro atoms. The summed E-state index contributed by atoms with van der Waals surface area (Å²) in [6.45, 7) is 6.46. The zero-order valence-corrected chi connectivity index (χ0v) is 20.2. The Labute approximate surface area is 204 Å². The molecule has 7 heteroatoms. The first-order valence-electron chi connectivity index (χ1n) is 11.5. The molecule has 1 aliphatic rings. The monoisotopic (exact) mass is 472 g/mol. The van der Waals surface area contributed by atoms with Gasteiger partial charge in [-0.25, -0.2) is 0 Å². The number of hydrogen-bond donors (Lipinski definition) is 1. The van der Waals surface area contributed by atoms with Gasteiger partial charge < -0.3 is 14.6 Å². The second kappa shape index (κ2) is 10.0. The summed E-state index contributed by atoms with van der Waals surface area (Å²) in [5.41, 5.74) is 2.16. The van der Waals surface area contributed by atoms with Crippen molar-refractivity contribution in [1.29, 1.82) is 0 Å². The lowest BCUT2D eigenvalue weighted by molar-refractivity contribution is -0.132. The highest BCUT2D eigenvalue weighted by Gasteiger charge is 2.48. The average molecular weight is 473 g/mol. The molecular weight excluding hydrogens is 444 g/mol.